The number of aliphatic hydroxyl groups excluding tert-OH is 3. The summed E-state index contributed by atoms with van der Waals surface area (Å²) in [5, 5.41) is 39.1. The summed E-state index contributed by atoms with van der Waals surface area (Å²) in [6.07, 6.45) is -4.98. The summed E-state index contributed by atoms with van der Waals surface area (Å²) in [5.74, 6) is -4.10. The zero-order valence-electron chi connectivity index (χ0n) is 18.2. The number of rotatable bonds is 10. The van der Waals surface area contributed by atoms with E-state index in [0.717, 1.165) is 6.07 Å². The van der Waals surface area contributed by atoms with Crippen LogP contribution in [0.4, 0.5) is 0 Å². The first kappa shape index (κ1) is 27.0. The maximum atomic E-state index is 12.1. The van der Waals surface area contributed by atoms with E-state index in [0.29, 0.717) is 18.3 Å². The maximum Gasteiger partial charge on any atom is 0.342 e. The fourth-order valence-electron chi connectivity index (χ4n) is 2.41. The van der Waals surface area contributed by atoms with Crippen LogP contribution in [0, 0.1) is 0 Å². The van der Waals surface area contributed by atoms with E-state index in [1.165, 1.54) is 26.8 Å². The lowest BCUT2D eigenvalue weighted by molar-refractivity contribution is -0.181. The number of ether oxygens (including phenoxy) is 3. The van der Waals surface area contributed by atoms with Crippen molar-refractivity contribution >= 4 is 24.2 Å². The van der Waals surface area contributed by atoms with Gasteiger partial charge in [0.05, 0.1) is 0 Å². The number of carbonyl (C=O) groups excluding carboxylic acids is 4. The van der Waals surface area contributed by atoms with E-state index < -0.39 is 60.8 Å². The number of aliphatic hydroxyl groups is 3. The second kappa shape index (κ2) is 11.6. The van der Waals surface area contributed by atoms with Gasteiger partial charge in [-0.25, -0.2) is 14.4 Å². The van der Waals surface area contributed by atoms with Crippen molar-refractivity contribution in [2.45, 2.75) is 58.0 Å². The van der Waals surface area contributed by atoms with Crippen molar-refractivity contribution in [2.24, 2.45) is 0 Å². The first-order valence-electron chi connectivity index (χ1n) is 9.72. The Morgan fingerprint density at radius 2 is 1.56 bits per heavy atom. The fourth-order valence-corrected chi connectivity index (χ4v) is 2.41. The van der Waals surface area contributed by atoms with Crippen LogP contribution in [0.3, 0.4) is 0 Å². The molecule has 0 spiro atoms. The summed E-state index contributed by atoms with van der Waals surface area (Å²) < 4.78 is 14.3. The smallest absolute Gasteiger partial charge is 0.342 e. The number of esters is 3. The monoisotopic (exact) mass is 456 g/mol. The molecule has 0 amide bonds. The van der Waals surface area contributed by atoms with Crippen molar-refractivity contribution in [1.29, 1.82) is 0 Å². The molecule has 0 bridgehead atoms. The highest BCUT2D eigenvalue weighted by Crippen LogP contribution is 2.23. The highest BCUT2D eigenvalue weighted by atomic mass is 16.6. The summed E-state index contributed by atoms with van der Waals surface area (Å²) in [6, 6.07) is 2.42. The number of aromatic hydroxyl groups is 1. The zero-order valence-corrected chi connectivity index (χ0v) is 18.2. The average molecular weight is 456 g/mol. The number of phenolic OH excluding ortho intramolecular Hbond substituents is 1. The second-order valence-electron chi connectivity index (χ2n) is 7.85. The van der Waals surface area contributed by atoms with Crippen molar-refractivity contribution in [3.05, 3.63) is 28.8 Å². The molecule has 178 valence electrons. The van der Waals surface area contributed by atoms with Gasteiger partial charge in [0.25, 0.3) is 0 Å². The third-order valence-electron chi connectivity index (χ3n) is 4.00. The van der Waals surface area contributed by atoms with Crippen LogP contribution in [0.2, 0.25) is 0 Å². The molecule has 0 heterocycles. The number of phenols is 1. The standard InChI is InChI=1S/C21H28O11/c1-5-11-6-14(15(24)7-12(11)8-22)18(27)30-9-13(23)10-31-19(28)16(25)17(26)20(29)32-21(2,3)4/h6-8,13,16-17,23-26H,5,9-10H2,1-4H3. The number of carbonyl (C=O) groups is 4. The maximum absolute atomic E-state index is 12.1. The SMILES string of the molecule is CCc1cc(C(=O)OCC(O)COC(=O)C(O)C(O)C(=O)OC(C)(C)C)c(O)cc1C=O. The molecule has 4 N–H and O–H groups in total. The lowest BCUT2D eigenvalue weighted by Gasteiger charge is -2.23. The molecule has 0 radical (unpaired) electrons. The molecule has 0 saturated carbocycles. The summed E-state index contributed by atoms with van der Waals surface area (Å²) in [4.78, 5) is 46.6. The Morgan fingerprint density at radius 1 is 1.00 bits per heavy atom. The second-order valence-corrected chi connectivity index (χ2v) is 7.85. The van der Waals surface area contributed by atoms with E-state index in [-0.39, 0.29) is 11.1 Å². The van der Waals surface area contributed by atoms with E-state index in [9.17, 15) is 39.6 Å². The van der Waals surface area contributed by atoms with Crippen molar-refractivity contribution in [2.75, 3.05) is 13.2 Å². The Balaban J connectivity index is 2.58. The summed E-state index contributed by atoms with van der Waals surface area (Å²) in [6.45, 7) is 4.98. The first-order valence-corrected chi connectivity index (χ1v) is 9.72. The van der Waals surface area contributed by atoms with E-state index >= 15 is 0 Å². The Bertz CT molecular complexity index is 841. The predicted molar refractivity (Wildman–Crippen MR) is 108 cm³/mol. The van der Waals surface area contributed by atoms with E-state index in [1.54, 1.807) is 6.92 Å². The van der Waals surface area contributed by atoms with Crippen LogP contribution >= 0.6 is 0 Å². The molecule has 1 aromatic rings. The van der Waals surface area contributed by atoms with Crippen molar-refractivity contribution in [1.82, 2.24) is 0 Å². The molecule has 11 heteroatoms. The molecule has 0 fully saturated rings. The average Bonchev–Trinajstić information content (AvgIpc) is 2.72. The van der Waals surface area contributed by atoms with Crippen LogP contribution in [-0.2, 0) is 30.2 Å². The first-order chi connectivity index (χ1) is 14.8. The number of benzene rings is 1. The molecule has 3 atom stereocenters. The molecule has 0 saturated heterocycles. The van der Waals surface area contributed by atoms with Gasteiger partial charge < -0.3 is 34.6 Å². The number of hydrogen-bond acceptors (Lipinski definition) is 11. The highest BCUT2D eigenvalue weighted by molar-refractivity contribution is 5.94. The number of aryl methyl sites for hydroxylation is 1. The van der Waals surface area contributed by atoms with Crippen molar-refractivity contribution in [3.63, 3.8) is 0 Å². The molecule has 0 aliphatic rings. The molecule has 1 aromatic carbocycles. The third-order valence-corrected chi connectivity index (χ3v) is 4.00. The molecule has 1 rings (SSSR count). The lowest BCUT2D eigenvalue weighted by Crippen LogP contribution is -2.44. The largest absolute Gasteiger partial charge is 0.507 e. The summed E-state index contributed by atoms with van der Waals surface area (Å²) in [5.41, 5.74) is -0.438. The van der Waals surface area contributed by atoms with Gasteiger partial charge >= 0.3 is 17.9 Å². The predicted octanol–water partition coefficient (Wildman–Crippen LogP) is -0.109. The van der Waals surface area contributed by atoms with Gasteiger partial charge in [0.1, 0.15) is 42.5 Å². The van der Waals surface area contributed by atoms with Gasteiger partial charge in [-0.1, -0.05) is 6.92 Å². The minimum absolute atomic E-state index is 0.215. The molecule has 0 aromatic heterocycles. The molecule has 0 aliphatic heterocycles. The van der Waals surface area contributed by atoms with Gasteiger partial charge in [-0.3, -0.25) is 4.79 Å². The molecular formula is C21H28O11. The Labute approximate surface area is 184 Å². The topological polar surface area (TPSA) is 177 Å². The number of hydrogen-bond donors (Lipinski definition) is 4. The number of aldehydes is 1. The van der Waals surface area contributed by atoms with Gasteiger partial charge in [0, 0.05) is 5.56 Å². The Hall–Kier alpha value is -3.02. The van der Waals surface area contributed by atoms with Crippen LogP contribution in [0.25, 0.3) is 0 Å². The van der Waals surface area contributed by atoms with Crippen LogP contribution in [0.15, 0.2) is 12.1 Å². The van der Waals surface area contributed by atoms with E-state index in [2.05, 4.69) is 4.74 Å². The minimum Gasteiger partial charge on any atom is -0.507 e. The highest BCUT2D eigenvalue weighted by Gasteiger charge is 2.35. The quantitative estimate of drug-likeness (QED) is 0.210. The molecular weight excluding hydrogens is 428 g/mol. The van der Waals surface area contributed by atoms with E-state index in [4.69, 9.17) is 9.47 Å². The van der Waals surface area contributed by atoms with Gasteiger partial charge in [0.2, 0.25) is 0 Å². The van der Waals surface area contributed by atoms with Gasteiger partial charge in [-0.2, -0.15) is 0 Å². The van der Waals surface area contributed by atoms with Gasteiger partial charge in [-0.05, 0) is 44.9 Å². The molecule has 11 nitrogen and oxygen atoms in total. The minimum atomic E-state index is -2.25. The van der Waals surface area contributed by atoms with E-state index in [1.807, 2.05) is 0 Å². The zero-order chi connectivity index (χ0) is 24.6. The Morgan fingerprint density at radius 3 is 2.09 bits per heavy atom. The van der Waals surface area contributed by atoms with Crippen molar-refractivity contribution < 1.29 is 53.8 Å². The van der Waals surface area contributed by atoms with Crippen LogP contribution in [0.5, 0.6) is 5.75 Å². The lowest BCUT2D eigenvalue weighted by atomic mass is 10.0. The fraction of sp³-hybridized carbons (Fsp3) is 0.524. The summed E-state index contributed by atoms with van der Waals surface area (Å²) >= 11 is 0. The molecule has 3 unspecified atom stereocenters. The normalized spacial score (nSPS) is 14.1. The van der Waals surface area contributed by atoms with Crippen LogP contribution in [0.1, 0.15) is 54.0 Å². The molecule has 32 heavy (non-hydrogen) atoms. The Kier molecular flexibility index (Phi) is 9.76. The van der Waals surface area contributed by atoms with Gasteiger partial charge in [-0.15, -0.1) is 0 Å². The van der Waals surface area contributed by atoms with Crippen LogP contribution < -0.4 is 0 Å². The van der Waals surface area contributed by atoms with Crippen molar-refractivity contribution in [3.8, 4) is 5.75 Å². The summed E-state index contributed by atoms with van der Waals surface area (Å²) in [7, 11) is 0. The van der Waals surface area contributed by atoms with Crippen LogP contribution in [-0.4, -0.2) is 81.7 Å². The molecule has 0 aliphatic carbocycles. The third kappa shape index (κ3) is 7.91. The van der Waals surface area contributed by atoms with Gasteiger partial charge in [0.15, 0.2) is 12.2 Å².